The summed E-state index contributed by atoms with van der Waals surface area (Å²) in [5.41, 5.74) is 3.30. The zero-order valence-electron chi connectivity index (χ0n) is 15.2. The summed E-state index contributed by atoms with van der Waals surface area (Å²) in [7, 11) is 4.13. The number of fused-ring (bicyclic) bond motifs is 1. The Balaban J connectivity index is 1.64. The molecular formula is C19H26N6. The Morgan fingerprint density at radius 3 is 2.84 bits per heavy atom. The molecule has 0 aliphatic rings. The average molecular weight is 338 g/mol. The third-order valence-electron chi connectivity index (χ3n) is 4.19. The van der Waals surface area contributed by atoms with E-state index in [1.807, 2.05) is 28.8 Å². The second-order valence-electron chi connectivity index (χ2n) is 6.15. The Morgan fingerprint density at radius 1 is 1.24 bits per heavy atom. The van der Waals surface area contributed by atoms with Crippen molar-refractivity contribution >= 4 is 11.6 Å². The lowest BCUT2D eigenvalue weighted by molar-refractivity contribution is 0.462. The minimum absolute atomic E-state index is 0.712. The van der Waals surface area contributed by atoms with Crippen molar-refractivity contribution in [1.29, 1.82) is 0 Å². The molecule has 0 amide bonds. The average Bonchev–Trinajstić information content (AvgIpc) is 3.20. The van der Waals surface area contributed by atoms with E-state index in [9.17, 15) is 0 Å². The molecule has 0 fully saturated rings. The summed E-state index contributed by atoms with van der Waals surface area (Å²) in [6, 6.07) is 10.2. The van der Waals surface area contributed by atoms with E-state index in [2.05, 4.69) is 65.3 Å². The van der Waals surface area contributed by atoms with Crippen LogP contribution in [0.5, 0.6) is 0 Å². The maximum absolute atomic E-state index is 4.76. The summed E-state index contributed by atoms with van der Waals surface area (Å²) in [5, 5.41) is 3.37. The molecule has 6 heteroatoms. The highest BCUT2D eigenvalue weighted by Crippen LogP contribution is 2.06. The van der Waals surface area contributed by atoms with Crippen LogP contribution in [-0.4, -0.2) is 44.9 Å². The van der Waals surface area contributed by atoms with Crippen molar-refractivity contribution in [3.8, 4) is 0 Å². The second kappa shape index (κ2) is 7.88. The zero-order valence-corrected chi connectivity index (χ0v) is 15.2. The zero-order chi connectivity index (χ0) is 17.6. The van der Waals surface area contributed by atoms with Gasteiger partial charge >= 0.3 is 0 Å². The van der Waals surface area contributed by atoms with Gasteiger partial charge in [0.15, 0.2) is 5.96 Å². The summed E-state index contributed by atoms with van der Waals surface area (Å²) >= 11 is 0. The topological polar surface area (TPSA) is 49.9 Å². The molecule has 0 bridgehead atoms. The van der Waals surface area contributed by atoms with Gasteiger partial charge in [0.1, 0.15) is 5.65 Å². The lowest BCUT2D eigenvalue weighted by atomic mass is 10.3. The number of hydrogen-bond donors (Lipinski definition) is 1. The summed E-state index contributed by atoms with van der Waals surface area (Å²) in [6.07, 6.45) is 6.99. The standard InChI is InChI=1S/C19H26N6/c1-4-20-19(24(3)15-17-8-7-12-23(17)2)21-11-10-16-14-25-13-6-5-9-18(25)22-16/h5-9,12-14H,4,10-11,15H2,1-3H3,(H,20,21). The maximum atomic E-state index is 4.76. The largest absolute Gasteiger partial charge is 0.357 e. The van der Waals surface area contributed by atoms with E-state index in [4.69, 9.17) is 4.99 Å². The van der Waals surface area contributed by atoms with Crippen molar-refractivity contribution in [1.82, 2.24) is 24.2 Å². The van der Waals surface area contributed by atoms with Crippen molar-refractivity contribution in [3.05, 3.63) is 60.3 Å². The summed E-state index contributed by atoms with van der Waals surface area (Å²) in [6.45, 7) is 4.48. The fourth-order valence-electron chi connectivity index (χ4n) is 2.83. The molecular weight excluding hydrogens is 312 g/mol. The first-order chi connectivity index (χ1) is 12.2. The number of nitrogens with zero attached hydrogens (tertiary/aromatic N) is 5. The van der Waals surface area contributed by atoms with Gasteiger partial charge in [0.25, 0.3) is 0 Å². The minimum Gasteiger partial charge on any atom is -0.357 e. The van der Waals surface area contributed by atoms with E-state index < -0.39 is 0 Å². The van der Waals surface area contributed by atoms with Gasteiger partial charge in [-0.3, -0.25) is 4.99 Å². The van der Waals surface area contributed by atoms with Gasteiger partial charge in [0, 0.05) is 57.9 Å². The monoisotopic (exact) mass is 338 g/mol. The highest BCUT2D eigenvalue weighted by molar-refractivity contribution is 5.79. The fourth-order valence-corrected chi connectivity index (χ4v) is 2.83. The third-order valence-corrected chi connectivity index (χ3v) is 4.19. The van der Waals surface area contributed by atoms with E-state index in [-0.39, 0.29) is 0 Å². The molecule has 3 rings (SSSR count). The number of pyridine rings is 1. The Hall–Kier alpha value is -2.76. The molecule has 0 saturated heterocycles. The quantitative estimate of drug-likeness (QED) is 0.554. The first-order valence-corrected chi connectivity index (χ1v) is 8.69. The van der Waals surface area contributed by atoms with Crippen LogP contribution in [0.1, 0.15) is 18.3 Å². The van der Waals surface area contributed by atoms with E-state index in [0.717, 1.165) is 36.8 Å². The Labute approximate surface area is 148 Å². The van der Waals surface area contributed by atoms with Crippen LogP contribution in [0.15, 0.2) is 53.9 Å². The SMILES string of the molecule is CCNC(=NCCc1cn2ccccc2n1)N(C)Cc1cccn1C. The lowest BCUT2D eigenvalue weighted by Gasteiger charge is -2.22. The number of imidazole rings is 1. The van der Waals surface area contributed by atoms with Crippen LogP contribution < -0.4 is 5.32 Å². The molecule has 3 aromatic heterocycles. The Bertz CT molecular complexity index is 811. The molecule has 1 N–H and O–H groups in total. The predicted octanol–water partition coefficient (Wildman–Crippen LogP) is 2.31. The van der Waals surface area contributed by atoms with Crippen LogP contribution in [-0.2, 0) is 20.0 Å². The van der Waals surface area contributed by atoms with Crippen LogP contribution in [0.2, 0.25) is 0 Å². The molecule has 25 heavy (non-hydrogen) atoms. The first-order valence-electron chi connectivity index (χ1n) is 8.69. The molecule has 0 atom stereocenters. The van der Waals surface area contributed by atoms with Crippen LogP contribution in [0.25, 0.3) is 5.65 Å². The molecule has 0 spiro atoms. The van der Waals surface area contributed by atoms with Crippen LogP contribution in [0.3, 0.4) is 0 Å². The number of rotatable bonds is 6. The molecule has 0 aliphatic carbocycles. The second-order valence-corrected chi connectivity index (χ2v) is 6.15. The summed E-state index contributed by atoms with van der Waals surface area (Å²) in [4.78, 5) is 11.5. The molecule has 0 aromatic carbocycles. The third kappa shape index (κ3) is 4.21. The minimum atomic E-state index is 0.712. The maximum Gasteiger partial charge on any atom is 0.194 e. The lowest BCUT2D eigenvalue weighted by Crippen LogP contribution is -2.39. The van der Waals surface area contributed by atoms with E-state index in [1.54, 1.807) is 0 Å². The molecule has 3 heterocycles. The molecule has 6 nitrogen and oxygen atoms in total. The van der Waals surface area contributed by atoms with E-state index >= 15 is 0 Å². The normalized spacial score (nSPS) is 11.9. The van der Waals surface area contributed by atoms with Crippen LogP contribution in [0.4, 0.5) is 0 Å². The molecule has 0 saturated carbocycles. The van der Waals surface area contributed by atoms with Gasteiger partial charge in [-0.15, -0.1) is 0 Å². The van der Waals surface area contributed by atoms with Gasteiger partial charge < -0.3 is 19.2 Å². The van der Waals surface area contributed by atoms with Crippen LogP contribution in [0, 0.1) is 0 Å². The fraction of sp³-hybridized carbons (Fsp3) is 0.368. The van der Waals surface area contributed by atoms with E-state index in [0.29, 0.717) is 6.54 Å². The van der Waals surface area contributed by atoms with Gasteiger partial charge in [-0.05, 0) is 31.2 Å². The van der Waals surface area contributed by atoms with Crippen molar-refractivity contribution < 1.29 is 0 Å². The highest BCUT2D eigenvalue weighted by Gasteiger charge is 2.08. The van der Waals surface area contributed by atoms with Crippen molar-refractivity contribution in [2.45, 2.75) is 19.9 Å². The number of aromatic nitrogens is 3. The Kier molecular flexibility index (Phi) is 5.38. The van der Waals surface area contributed by atoms with Crippen LogP contribution >= 0.6 is 0 Å². The van der Waals surface area contributed by atoms with Gasteiger partial charge in [-0.25, -0.2) is 4.98 Å². The van der Waals surface area contributed by atoms with Gasteiger partial charge in [-0.1, -0.05) is 6.07 Å². The predicted molar refractivity (Wildman–Crippen MR) is 102 cm³/mol. The molecule has 0 radical (unpaired) electrons. The molecule has 132 valence electrons. The number of nitrogens with one attached hydrogen (secondary N) is 1. The van der Waals surface area contributed by atoms with Crippen molar-refractivity contribution in [3.63, 3.8) is 0 Å². The highest BCUT2D eigenvalue weighted by atomic mass is 15.3. The molecule has 3 aromatic rings. The summed E-state index contributed by atoms with van der Waals surface area (Å²) < 4.78 is 4.18. The van der Waals surface area contributed by atoms with Gasteiger partial charge in [-0.2, -0.15) is 0 Å². The van der Waals surface area contributed by atoms with Crippen molar-refractivity contribution in [2.75, 3.05) is 20.1 Å². The number of aryl methyl sites for hydroxylation is 1. The van der Waals surface area contributed by atoms with E-state index in [1.165, 1.54) is 5.69 Å². The smallest absolute Gasteiger partial charge is 0.194 e. The molecule has 0 aliphatic heterocycles. The Morgan fingerprint density at radius 2 is 2.12 bits per heavy atom. The molecule has 0 unspecified atom stereocenters. The van der Waals surface area contributed by atoms with Crippen molar-refractivity contribution in [2.24, 2.45) is 12.0 Å². The van der Waals surface area contributed by atoms with Gasteiger partial charge in [0.05, 0.1) is 12.2 Å². The first kappa shape index (κ1) is 17.1. The number of hydrogen-bond acceptors (Lipinski definition) is 2. The number of guanidine groups is 1. The number of aliphatic imine (C=N–C) groups is 1. The van der Waals surface area contributed by atoms with Gasteiger partial charge in [0.2, 0.25) is 0 Å². The summed E-state index contributed by atoms with van der Waals surface area (Å²) in [5.74, 6) is 0.924.